The lowest BCUT2D eigenvalue weighted by Crippen LogP contribution is -2.26. The molecule has 0 saturated heterocycles. The van der Waals surface area contributed by atoms with Crippen molar-refractivity contribution in [1.82, 2.24) is 15.0 Å². The van der Waals surface area contributed by atoms with E-state index in [2.05, 4.69) is 15.0 Å². The SMILES string of the molecule is CC(C)Oc1nc(Cl)nc(N(C)CC2CCCC2)n1. The van der Waals surface area contributed by atoms with Gasteiger partial charge in [-0.1, -0.05) is 12.8 Å². The molecule has 106 valence electrons. The monoisotopic (exact) mass is 284 g/mol. The summed E-state index contributed by atoms with van der Waals surface area (Å²) < 4.78 is 5.48. The molecule has 0 unspecified atom stereocenters. The second kappa shape index (κ2) is 6.37. The molecular weight excluding hydrogens is 264 g/mol. The van der Waals surface area contributed by atoms with Crippen molar-refractivity contribution >= 4 is 17.5 Å². The Hall–Kier alpha value is -1.10. The summed E-state index contributed by atoms with van der Waals surface area (Å²) in [6.07, 6.45) is 5.26. The number of hydrogen-bond acceptors (Lipinski definition) is 5. The summed E-state index contributed by atoms with van der Waals surface area (Å²) in [5.74, 6) is 1.32. The molecule has 1 saturated carbocycles. The molecule has 1 aromatic heterocycles. The number of hydrogen-bond donors (Lipinski definition) is 0. The average molecular weight is 285 g/mol. The van der Waals surface area contributed by atoms with Crippen molar-refractivity contribution in [3.63, 3.8) is 0 Å². The van der Waals surface area contributed by atoms with E-state index >= 15 is 0 Å². The lowest BCUT2D eigenvalue weighted by atomic mass is 10.1. The zero-order chi connectivity index (χ0) is 13.8. The minimum atomic E-state index is 0.0199. The first-order valence-electron chi connectivity index (χ1n) is 6.84. The molecule has 0 spiro atoms. The van der Waals surface area contributed by atoms with Gasteiger partial charge in [0.15, 0.2) is 0 Å². The van der Waals surface area contributed by atoms with Gasteiger partial charge in [-0.25, -0.2) is 0 Å². The van der Waals surface area contributed by atoms with E-state index in [-0.39, 0.29) is 11.4 Å². The number of anilines is 1. The molecule has 0 radical (unpaired) electrons. The Morgan fingerprint density at radius 3 is 2.58 bits per heavy atom. The van der Waals surface area contributed by atoms with Gasteiger partial charge in [-0.2, -0.15) is 15.0 Å². The van der Waals surface area contributed by atoms with E-state index in [0.29, 0.717) is 12.0 Å². The molecular formula is C13H21ClN4O. The Morgan fingerprint density at radius 1 is 1.26 bits per heavy atom. The van der Waals surface area contributed by atoms with E-state index in [1.807, 2.05) is 25.8 Å². The Balaban J connectivity index is 2.06. The van der Waals surface area contributed by atoms with Crippen molar-refractivity contribution in [2.24, 2.45) is 5.92 Å². The standard InChI is InChI=1S/C13H21ClN4O/c1-9(2)19-13-16-11(14)15-12(17-13)18(3)8-10-6-4-5-7-10/h9-10H,4-8H2,1-3H3. The van der Waals surface area contributed by atoms with Crippen LogP contribution in [0.5, 0.6) is 6.01 Å². The van der Waals surface area contributed by atoms with Crippen molar-refractivity contribution in [3.05, 3.63) is 5.28 Å². The maximum Gasteiger partial charge on any atom is 0.322 e. The number of halogens is 1. The highest BCUT2D eigenvalue weighted by molar-refractivity contribution is 6.28. The molecule has 1 aliphatic rings. The van der Waals surface area contributed by atoms with Crippen LogP contribution in [0.15, 0.2) is 0 Å². The molecule has 5 nitrogen and oxygen atoms in total. The summed E-state index contributed by atoms with van der Waals surface area (Å²) in [4.78, 5) is 14.5. The third-order valence-electron chi connectivity index (χ3n) is 3.27. The average Bonchev–Trinajstić information content (AvgIpc) is 2.80. The third-order valence-corrected chi connectivity index (χ3v) is 3.43. The normalized spacial score (nSPS) is 16.1. The molecule has 2 rings (SSSR count). The molecule has 0 bridgehead atoms. The summed E-state index contributed by atoms with van der Waals surface area (Å²) in [6, 6.07) is 0.295. The fraction of sp³-hybridized carbons (Fsp3) is 0.769. The van der Waals surface area contributed by atoms with E-state index in [9.17, 15) is 0 Å². The predicted molar refractivity (Wildman–Crippen MR) is 75.8 cm³/mol. The van der Waals surface area contributed by atoms with Gasteiger partial charge in [0.2, 0.25) is 11.2 Å². The van der Waals surface area contributed by atoms with Crippen LogP contribution >= 0.6 is 11.6 Å². The van der Waals surface area contributed by atoms with Gasteiger partial charge in [-0.3, -0.25) is 0 Å². The van der Waals surface area contributed by atoms with Crippen LogP contribution in [-0.4, -0.2) is 34.6 Å². The molecule has 0 N–H and O–H groups in total. The zero-order valence-electron chi connectivity index (χ0n) is 11.8. The maximum atomic E-state index is 5.93. The Labute approximate surface area is 119 Å². The van der Waals surface area contributed by atoms with Crippen LogP contribution in [0.4, 0.5) is 5.95 Å². The zero-order valence-corrected chi connectivity index (χ0v) is 12.5. The van der Waals surface area contributed by atoms with Crippen molar-refractivity contribution in [2.45, 2.75) is 45.6 Å². The van der Waals surface area contributed by atoms with Gasteiger partial charge in [-0.05, 0) is 44.2 Å². The topological polar surface area (TPSA) is 51.1 Å². The van der Waals surface area contributed by atoms with Crippen LogP contribution in [0.3, 0.4) is 0 Å². The van der Waals surface area contributed by atoms with Crippen molar-refractivity contribution in [3.8, 4) is 6.01 Å². The molecule has 0 aliphatic heterocycles. The van der Waals surface area contributed by atoms with Gasteiger partial charge >= 0.3 is 6.01 Å². The van der Waals surface area contributed by atoms with Gasteiger partial charge in [0.1, 0.15) is 0 Å². The van der Waals surface area contributed by atoms with Crippen LogP contribution in [0.1, 0.15) is 39.5 Å². The van der Waals surface area contributed by atoms with Gasteiger partial charge in [0, 0.05) is 13.6 Å². The molecule has 1 aliphatic carbocycles. The van der Waals surface area contributed by atoms with E-state index in [4.69, 9.17) is 16.3 Å². The van der Waals surface area contributed by atoms with Crippen LogP contribution in [0, 0.1) is 5.92 Å². The largest absolute Gasteiger partial charge is 0.461 e. The quantitative estimate of drug-likeness (QED) is 0.832. The molecule has 6 heteroatoms. The molecule has 0 atom stereocenters. The van der Waals surface area contributed by atoms with E-state index < -0.39 is 0 Å². The highest BCUT2D eigenvalue weighted by Gasteiger charge is 2.19. The van der Waals surface area contributed by atoms with Crippen LogP contribution in [0.25, 0.3) is 0 Å². The lowest BCUT2D eigenvalue weighted by molar-refractivity contribution is 0.221. The van der Waals surface area contributed by atoms with E-state index in [1.54, 1.807) is 0 Å². The Kier molecular flexibility index (Phi) is 4.80. The molecule has 1 aromatic rings. The van der Waals surface area contributed by atoms with Gasteiger partial charge in [0.05, 0.1) is 6.10 Å². The molecule has 1 heterocycles. The first-order chi connectivity index (χ1) is 9.04. The van der Waals surface area contributed by atoms with Gasteiger partial charge in [-0.15, -0.1) is 0 Å². The van der Waals surface area contributed by atoms with Crippen molar-refractivity contribution in [1.29, 1.82) is 0 Å². The Morgan fingerprint density at radius 2 is 1.95 bits per heavy atom. The third kappa shape index (κ3) is 4.20. The van der Waals surface area contributed by atoms with E-state index in [0.717, 1.165) is 12.5 Å². The van der Waals surface area contributed by atoms with Crippen LogP contribution < -0.4 is 9.64 Å². The summed E-state index contributed by atoms with van der Waals surface area (Å²) in [5.41, 5.74) is 0. The number of rotatable bonds is 5. The molecule has 0 aromatic carbocycles. The summed E-state index contributed by atoms with van der Waals surface area (Å²) >= 11 is 5.93. The van der Waals surface area contributed by atoms with Crippen molar-refractivity contribution in [2.75, 3.05) is 18.5 Å². The fourth-order valence-corrected chi connectivity index (χ4v) is 2.57. The first-order valence-corrected chi connectivity index (χ1v) is 7.21. The number of ether oxygens (including phenoxy) is 1. The number of aromatic nitrogens is 3. The molecule has 1 fully saturated rings. The second-order valence-corrected chi connectivity index (χ2v) is 5.72. The molecule has 19 heavy (non-hydrogen) atoms. The van der Waals surface area contributed by atoms with Gasteiger partial charge < -0.3 is 9.64 Å². The van der Waals surface area contributed by atoms with Crippen molar-refractivity contribution < 1.29 is 4.74 Å². The number of nitrogens with zero attached hydrogens (tertiary/aromatic N) is 4. The highest BCUT2D eigenvalue weighted by atomic mass is 35.5. The van der Waals surface area contributed by atoms with E-state index in [1.165, 1.54) is 25.7 Å². The van der Waals surface area contributed by atoms with Crippen LogP contribution in [0.2, 0.25) is 5.28 Å². The minimum Gasteiger partial charge on any atom is -0.461 e. The smallest absolute Gasteiger partial charge is 0.322 e. The summed E-state index contributed by atoms with van der Waals surface area (Å²) in [7, 11) is 1.99. The van der Waals surface area contributed by atoms with Crippen LogP contribution in [-0.2, 0) is 0 Å². The Bertz CT molecular complexity index is 421. The highest BCUT2D eigenvalue weighted by Crippen LogP contribution is 2.26. The fourth-order valence-electron chi connectivity index (χ4n) is 2.42. The second-order valence-electron chi connectivity index (χ2n) is 5.38. The minimum absolute atomic E-state index is 0.0199. The molecule has 0 amide bonds. The summed E-state index contributed by atoms with van der Waals surface area (Å²) in [6.45, 7) is 4.82. The van der Waals surface area contributed by atoms with Gasteiger partial charge in [0.25, 0.3) is 0 Å². The summed E-state index contributed by atoms with van der Waals surface area (Å²) in [5, 5.41) is 0.180. The predicted octanol–water partition coefficient (Wildman–Crippen LogP) is 2.94. The first kappa shape index (κ1) is 14.3. The lowest BCUT2D eigenvalue weighted by Gasteiger charge is -2.21. The maximum absolute atomic E-state index is 5.93.